The first-order chi connectivity index (χ1) is 17.1. The molecule has 35 heavy (non-hydrogen) atoms. The lowest BCUT2D eigenvalue weighted by atomic mass is 9.97. The molecule has 0 bridgehead atoms. The molecule has 1 unspecified atom stereocenters. The highest BCUT2D eigenvalue weighted by Gasteiger charge is 2.40. The molecule has 2 amide bonds. The molecule has 7 heteroatoms. The van der Waals surface area contributed by atoms with Crippen LogP contribution in [0.15, 0.2) is 84.4 Å². The van der Waals surface area contributed by atoms with Gasteiger partial charge in [0.15, 0.2) is 0 Å². The van der Waals surface area contributed by atoms with Crippen LogP contribution in [0.3, 0.4) is 0 Å². The fourth-order valence-electron chi connectivity index (χ4n) is 4.95. The SMILES string of the molecule is O=C(Cc1cccs1)N(CC(=O)N1c2ccccc2-n2cccc2C1c1cccc(Cl)c1)C1CC1. The van der Waals surface area contributed by atoms with Gasteiger partial charge in [0, 0.05) is 22.1 Å². The van der Waals surface area contributed by atoms with Crippen molar-refractivity contribution in [2.75, 3.05) is 11.4 Å². The topological polar surface area (TPSA) is 45.6 Å². The van der Waals surface area contributed by atoms with Gasteiger partial charge in [-0.3, -0.25) is 14.5 Å². The largest absolute Gasteiger partial charge is 0.330 e. The molecule has 2 aromatic heterocycles. The van der Waals surface area contributed by atoms with Crippen LogP contribution in [-0.4, -0.2) is 33.9 Å². The van der Waals surface area contributed by atoms with Gasteiger partial charge in [-0.25, -0.2) is 0 Å². The molecule has 2 aromatic carbocycles. The Kier molecular flexibility index (Phi) is 5.71. The zero-order valence-corrected chi connectivity index (χ0v) is 20.6. The van der Waals surface area contributed by atoms with Gasteiger partial charge in [-0.1, -0.05) is 41.9 Å². The highest BCUT2D eigenvalue weighted by atomic mass is 35.5. The quantitative estimate of drug-likeness (QED) is 0.332. The van der Waals surface area contributed by atoms with Gasteiger partial charge >= 0.3 is 0 Å². The minimum absolute atomic E-state index is 0.0104. The second kappa shape index (κ2) is 9.02. The molecule has 6 rings (SSSR count). The summed E-state index contributed by atoms with van der Waals surface area (Å²) in [5.74, 6) is -0.0856. The second-order valence-electron chi connectivity index (χ2n) is 9.02. The first-order valence-corrected chi connectivity index (χ1v) is 13.0. The maximum Gasteiger partial charge on any atom is 0.247 e. The predicted octanol–water partition coefficient (Wildman–Crippen LogP) is 5.86. The minimum Gasteiger partial charge on any atom is -0.330 e. The molecule has 1 fully saturated rings. The number of hydrogen-bond donors (Lipinski definition) is 0. The summed E-state index contributed by atoms with van der Waals surface area (Å²) < 4.78 is 2.13. The Hall–Kier alpha value is -3.35. The molecule has 1 aliphatic carbocycles. The van der Waals surface area contributed by atoms with Crippen molar-refractivity contribution in [3.8, 4) is 5.69 Å². The number of para-hydroxylation sites is 2. The van der Waals surface area contributed by atoms with E-state index in [1.54, 1.807) is 16.2 Å². The molecule has 1 aliphatic heterocycles. The predicted molar refractivity (Wildman–Crippen MR) is 139 cm³/mol. The van der Waals surface area contributed by atoms with Crippen LogP contribution < -0.4 is 4.90 Å². The van der Waals surface area contributed by atoms with Gasteiger partial charge in [-0.15, -0.1) is 11.3 Å². The fourth-order valence-corrected chi connectivity index (χ4v) is 5.84. The van der Waals surface area contributed by atoms with E-state index in [0.29, 0.717) is 11.4 Å². The number of anilines is 1. The molecule has 2 aliphatic rings. The summed E-state index contributed by atoms with van der Waals surface area (Å²) in [6, 6.07) is 23.3. The number of thiophene rings is 1. The van der Waals surface area contributed by atoms with Crippen LogP contribution in [0.25, 0.3) is 5.69 Å². The second-order valence-corrected chi connectivity index (χ2v) is 10.5. The Balaban J connectivity index is 1.39. The van der Waals surface area contributed by atoms with E-state index in [2.05, 4.69) is 4.57 Å². The van der Waals surface area contributed by atoms with Gasteiger partial charge in [-0.2, -0.15) is 0 Å². The van der Waals surface area contributed by atoms with Gasteiger partial charge in [-0.05, 0) is 66.2 Å². The molecule has 1 saturated carbocycles. The van der Waals surface area contributed by atoms with Crippen molar-refractivity contribution in [2.24, 2.45) is 0 Å². The Morgan fingerprint density at radius 2 is 1.80 bits per heavy atom. The smallest absolute Gasteiger partial charge is 0.247 e. The van der Waals surface area contributed by atoms with Crippen LogP contribution in [-0.2, 0) is 16.0 Å². The monoisotopic (exact) mass is 501 g/mol. The molecule has 176 valence electrons. The third kappa shape index (κ3) is 4.17. The highest BCUT2D eigenvalue weighted by Crippen LogP contribution is 2.43. The average Bonchev–Trinajstić information content (AvgIpc) is 3.34. The minimum atomic E-state index is -0.348. The maximum absolute atomic E-state index is 14.1. The number of carbonyl (C=O) groups excluding carboxylic acids is 2. The summed E-state index contributed by atoms with van der Waals surface area (Å²) in [6.45, 7) is 0.0565. The molecular formula is C28H24ClN3O2S. The number of benzene rings is 2. The van der Waals surface area contributed by atoms with Crippen LogP contribution in [0.5, 0.6) is 0 Å². The zero-order chi connectivity index (χ0) is 23.9. The molecule has 0 spiro atoms. The van der Waals surface area contributed by atoms with Crippen LogP contribution in [0.4, 0.5) is 5.69 Å². The van der Waals surface area contributed by atoms with E-state index in [9.17, 15) is 9.59 Å². The average molecular weight is 502 g/mol. The third-order valence-electron chi connectivity index (χ3n) is 6.67. The fraction of sp³-hybridized carbons (Fsp3) is 0.214. The molecule has 0 saturated heterocycles. The number of aromatic nitrogens is 1. The summed E-state index contributed by atoms with van der Waals surface area (Å²) in [5, 5.41) is 2.60. The van der Waals surface area contributed by atoms with Gasteiger partial charge in [0.05, 0.1) is 23.5 Å². The lowest BCUT2D eigenvalue weighted by Crippen LogP contribution is -2.47. The Bertz CT molecular complexity index is 1390. The normalized spacial score (nSPS) is 16.5. The van der Waals surface area contributed by atoms with E-state index in [1.807, 2.05) is 89.3 Å². The standard InChI is InChI=1S/C28H24ClN3O2S/c29-20-7-3-6-19(16-20)28-25-11-4-14-30(25)23-9-1-2-10-24(23)32(28)27(34)18-31(21-12-13-21)26(33)17-22-8-5-15-35-22/h1-11,14-16,21,28H,12-13,17-18H2. The molecule has 3 heterocycles. The summed E-state index contributed by atoms with van der Waals surface area (Å²) >= 11 is 7.95. The van der Waals surface area contributed by atoms with Gasteiger partial charge in [0.2, 0.25) is 11.8 Å². The van der Waals surface area contributed by atoms with E-state index < -0.39 is 0 Å². The number of carbonyl (C=O) groups is 2. The first kappa shape index (κ1) is 22.1. The van der Waals surface area contributed by atoms with E-state index in [0.717, 1.165) is 40.4 Å². The van der Waals surface area contributed by atoms with E-state index in [4.69, 9.17) is 11.6 Å². The molecule has 5 nitrogen and oxygen atoms in total. The first-order valence-electron chi connectivity index (χ1n) is 11.8. The number of hydrogen-bond acceptors (Lipinski definition) is 3. The van der Waals surface area contributed by atoms with Crippen molar-refractivity contribution in [3.63, 3.8) is 0 Å². The number of halogens is 1. The summed E-state index contributed by atoms with van der Waals surface area (Å²) in [6.07, 6.45) is 4.24. The van der Waals surface area contributed by atoms with Crippen molar-refractivity contribution in [2.45, 2.75) is 31.3 Å². The summed E-state index contributed by atoms with van der Waals surface area (Å²) in [5.41, 5.74) is 3.69. The summed E-state index contributed by atoms with van der Waals surface area (Å²) in [4.78, 5) is 32.0. The Morgan fingerprint density at radius 3 is 2.54 bits per heavy atom. The molecule has 4 aromatic rings. The Labute approximate surface area is 213 Å². The highest BCUT2D eigenvalue weighted by molar-refractivity contribution is 7.10. The zero-order valence-electron chi connectivity index (χ0n) is 19.0. The van der Waals surface area contributed by atoms with Crippen LogP contribution in [0.1, 0.15) is 35.0 Å². The number of amides is 2. The van der Waals surface area contributed by atoms with Crippen molar-refractivity contribution in [3.05, 3.63) is 106 Å². The molecular weight excluding hydrogens is 478 g/mol. The van der Waals surface area contributed by atoms with E-state index >= 15 is 0 Å². The summed E-state index contributed by atoms with van der Waals surface area (Å²) in [7, 11) is 0. The van der Waals surface area contributed by atoms with Gasteiger partial charge in [0.1, 0.15) is 12.6 Å². The van der Waals surface area contributed by atoms with Crippen molar-refractivity contribution in [1.29, 1.82) is 0 Å². The lowest BCUT2D eigenvalue weighted by molar-refractivity contribution is -0.135. The van der Waals surface area contributed by atoms with E-state index in [-0.39, 0.29) is 30.4 Å². The van der Waals surface area contributed by atoms with Crippen LogP contribution in [0, 0.1) is 0 Å². The van der Waals surface area contributed by atoms with Crippen LogP contribution >= 0.6 is 22.9 Å². The van der Waals surface area contributed by atoms with E-state index in [1.165, 1.54) is 0 Å². The lowest BCUT2D eigenvalue weighted by Gasteiger charge is -2.39. The molecule has 0 N–H and O–H groups in total. The molecule has 1 atom stereocenters. The van der Waals surface area contributed by atoms with Gasteiger partial charge < -0.3 is 9.47 Å². The Morgan fingerprint density at radius 1 is 0.971 bits per heavy atom. The van der Waals surface area contributed by atoms with Crippen molar-refractivity contribution < 1.29 is 9.59 Å². The van der Waals surface area contributed by atoms with Crippen molar-refractivity contribution in [1.82, 2.24) is 9.47 Å². The molecule has 0 radical (unpaired) electrons. The van der Waals surface area contributed by atoms with Gasteiger partial charge in [0.25, 0.3) is 0 Å². The van der Waals surface area contributed by atoms with Crippen molar-refractivity contribution >= 4 is 40.4 Å². The number of nitrogens with zero attached hydrogens (tertiary/aromatic N) is 3. The number of rotatable bonds is 6. The third-order valence-corrected chi connectivity index (χ3v) is 7.78. The maximum atomic E-state index is 14.1. The van der Waals surface area contributed by atoms with Crippen LogP contribution in [0.2, 0.25) is 5.02 Å². The number of fused-ring (bicyclic) bond motifs is 3.